The van der Waals surface area contributed by atoms with Crippen molar-refractivity contribution in [2.45, 2.75) is 65.1 Å². The lowest BCUT2D eigenvalue weighted by molar-refractivity contribution is 0.159. The van der Waals surface area contributed by atoms with Gasteiger partial charge < -0.3 is 28.6 Å². The molecule has 4 rings (SSSR count). The van der Waals surface area contributed by atoms with Crippen molar-refractivity contribution in [2.24, 2.45) is 0 Å². The summed E-state index contributed by atoms with van der Waals surface area (Å²) in [5, 5.41) is 0. The average molecular weight is 747 g/mol. The Morgan fingerprint density at radius 2 is 1.69 bits per heavy atom. The van der Waals surface area contributed by atoms with Crippen LogP contribution >= 0.6 is 0 Å². The zero-order valence-corrected chi connectivity index (χ0v) is 34.4. The maximum atomic E-state index is 5.80. The molecule has 0 bridgehead atoms. The molecule has 1 unspecified atom stereocenters. The SMILES string of the molecule is C=C/C=C(C)\C=C/C(C)N(c1cccc(-c2cc(CCC)c(OC)c(OC)c2)c1)C1CCN(Cc2cccc(C(/C=C(\COC)OC)=C/C(=C)OC)c2)CC1. The van der Waals surface area contributed by atoms with Gasteiger partial charge >= 0.3 is 0 Å². The van der Waals surface area contributed by atoms with Gasteiger partial charge in [0, 0.05) is 44.5 Å². The summed E-state index contributed by atoms with van der Waals surface area (Å²) in [6.07, 6.45) is 16.4. The highest BCUT2D eigenvalue weighted by Gasteiger charge is 2.28. The first-order valence-electron chi connectivity index (χ1n) is 19.3. The van der Waals surface area contributed by atoms with E-state index in [4.69, 9.17) is 23.7 Å². The zero-order valence-electron chi connectivity index (χ0n) is 34.4. The molecule has 3 aromatic carbocycles. The highest BCUT2D eigenvalue weighted by atomic mass is 16.5. The normalized spacial score (nSPS) is 15.2. The first-order chi connectivity index (χ1) is 26.7. The molecule has 3 aromatic rings. The van der Waals surface area contributed by atoms with E-state index in [1.807, 2.05) is 24.3 Å². The third-order valence-electron chi connectivity index (χ3n) is 10.1. The van der Waals surface area contributed by atoms with E-state index in [0.29, 0.717) is 18.4 Å². The van der Waals surface area contributed by atoms with Crippen molar-refractivity contribution in [3.05, 3.63) is 144 Å². The predicted molar refractivity (Wildman–Crippen MR) is 230 cm³/mol. The maximum Gasteiger partial charge on any atom is 0.163 e. The van der Waals surface area contributed by atoms with Gasteiger partial charge in [0.15, 0.2) is 11.5 Å². The highest BCUT2D eigenvalue weighted by Crippen LogP contribution is 2.39. The van der Waals surface area contributed by atoms with Gasteiger partial charge in [0.1, 0.15) is 18.1 Å². The molecule has 1 fully saturated rings. The summed E-state index contributed by atoms with van der Waals surface area (Å²) in [6, 6.07) is 22.6. The molecule has 0 saturated carbocycles. The minimum atomic E-state index is 0.174. The standard InChI is InChI=1S/C48H62N2O5/c1-11-15-35(3)21-22-36(4)50(45-20-14-19-40(30-45)43-29-41(16-12-2)48(55-10)47(32-43)54-9)44-23-25-49(26-24-44)33-38-17-13-18-39(28-38)42(27-37(5)52-7)31-46(53-8)34-51-6/h11,13-15,17-22,27-32,36,44H,1,5,12,16,23-26,33-34H2,2-4,6-10H3/b22-21-,35-15-,42-27+,46-31+. The van der Waals surface area contributed by atoms with Crippen LogP contribution in [0.5, 0.6) is 11.5 Å². The average Bonchev–Trinajstić information content (AvgIpc) is 3.20. The Labute approximate surface area is 330 Å². The van der Waals surface area contributed by atoms with E-state index in [-0.39, 0.29) is 6.04 Å². The molecular weight excluding hydrogens is 685 g/mol. The lowest BCUT2D eigenvalue weighted by Crippen LogP contribution is -2.48. The molecule has 0 aromatic heterocycles. The van der Waals surface area contributed by atoms with E-state index >= 15 is 0 Å². The second kappa shape index (κ2) is 21.8. The van der Waals surface area contributed by atoms with Crippen molar-refractivity contribution >= 4 is 11.3 Å². The number of nitrogens with zero attached hydrogens (tertiary/aromatic N) is 2. The van der Waals surface area contributed by atoms with E-state index in [0.717, 1.165) is 90.4 Å². The number of hydrogen-bond donors (Lipinski definition) is 0. The Balaban J connectivity index is 1.61. The van der Waals surface area contributed by atoms with Crippen LogP contribution in [0.3, 0.4) is 0 Å². The first kappa shape index (κ1) is 42.8. The Kier molecular flexibility index (Phi) is 16.9. The number of ether oxygens (including phenoxy) is 5. The van der Waals surface area contributed by atoms with Crippen molar-refractivity contribution in [1.82, 2.24) is 4.90 Å². The Bertz CT molecular complexity index is 1850. The third kappa shape index (κ3) is 12.0. The van der Waals surface area contributed by atoms with Crippen LogP contribution in [-0.4, -0.2) is 72.2 Å². The third-order valence-corrected chi connectivity index (χ3v) is 10.1. The van der Waals surface area contributed by atoms with E-state index in [2.05, 4.69) is 117 Å². The summed E-state index contributed by atoms with van der Waals surface area (Å²) in [6.45, 7) is 17.8. The zero-order chi connectivity index (χ0) is 39.7. The van der Waals surface area contributed by atoms with Crippen LogP contribution in [0.2, 0.25) is 0 Å². The number of aryl methyl sites for hydroxylation is 1. The van der Waals surface area contributed by atoms with Crippen LogP contribution in [0.15, 0.2) is 127 Å². The molecule has 1 saturated heterocycles. The smallest absolute Gasteiger partial charge is 0.163 e. The minimum absolute atomic E-state index is 0.174. The monoisotopic (exact) mass is 746 g/mol. The number of likely N-dealkylation sites (tertiary alicyclic amines) is 1. The van der Waals surface area contributed by atoms with Crippen LogP contribution in [-0.2, 0) is 27.2 Å². The number of allylic oxidation sites excluding steroid dienone is 7. The quantitative estimate of drug-likeness (QED) is 0.0843. The van der Waals surface area contributed by atoms with Crippen LogP contribution in [0.4, 0.5) is 5.69 Å². The molecule has 294 valence electrons. The Morgan fingerprint density at radius 1 is 0.927 bits per heavy atom. The second-order valence-corrected chi connectivity index (χ2v) is 14.1. The number of benzene rings is 3. The molecule has 7 heteroatoms. The number of piperidine rings is 1. The molecule has 0 radical (unpaired) electrons. The second-order valence-electron chi connectivity index (χ2n) is 14.1. The minimum Gasteiger partial charge on any atom is -0.499 e. The Hall–Kier alpha value is -4.98. The van der Waals surface area contributed by atoms with Crippen LogP contribution in [0, 0.1) is 0 Å². The topological polar surface area (TPSA) is 52.6 Å². The van der Waals surface area contributed by atoms with Crippen LogP contribution < -0.4 is 14.4 Å². The van der Waals surface area contributed by atoms with Gasteiger partial charge in [-0.3, -0.25) is 4.90 Å². The summed E-state index contributed by atoms with van der Waals surface area (Å²) >= 11 is 0. The van der Waals surface area contributed by atoms with E-state index in [1.165, 1.54) is 16.8 Å². The molecule has 1 atom stereocenters. The molecule has 0 N–H and O–H groups in total. The predicted octanol–water partition coefficient (Wildman–Crippen LogP) is 10.6. The molecular formula is C48H62N2O5. The summed E-state index contributed by atoms with van der Waals surface area (Å²) in [5.41, 5.74) is 9.13. The van der Waals surface area contributed by atoms with Gasteiger partial charge in [-0.1, -0.05) is 86.7 Å². The number of methoxy groups -OCH3 is 5. The summed E-state index contributed by atoms with van der Waals surface area (Å²) in [5.74, 6) is 2.88. The van der Waals surface area contributed by atoms with Crippen LogP contribution in [0.25, 0.3) is 16.7 Å². The van der Waals surface area contributed by atoms with Crippen molar-refractivity contribution in [1.29, 1.82) is 0 Å². The van der Waals surface area contributed by atoms with Gasteiger partial charge in [0.05, 0.1) is 28.4 Å². The molecule has 55 heavy (non-hydrogen) atoms. The number of rotatable bonds is 20. The lowest BCUT2D eigenvalue weighted by atomic mass is 9.96. The van der Waals surface area contributed by atoms with Crippen molar-refractivity contribution < 1.29 is 23.7 Å². The number of anilines is 1. The molecule has 0 aliphatic carbocycles. The highest BCUT2D eigenvalue weighted by molar-refractivity contribution is 5.76. The van der Waals surface area contributed by atoms with E-state index in [9.17, 15) is 0 Å². The van der Waals surface area contributed by atoms with Crippen molar-refractivity contribution in [2.75, 3.05) is 60.1 Å². The summed E-state index contributed by atoms with van der Waals surface area (Å²) < 4.78 is 27.9. The first-order valence-corrected chi connectivity index (χ1v) is 19.3. The van der Waals surface area contributed by atoms with Crippen molar-refractivity contribution in [3.63, 3.8) is 0 Å². The number of hydrogen-bond acceptors (Lipinski definition) is 7. The van der Waals surface area contributed by atoms with Gasteiger partial charge in [-0.05, 0) is 109 Å². The lowest BCUT2D eigenvalue weighted by Gasteiger charge is -2.42. The molecule has 1 aliphatic rings. The molecule has 0 spiro atoms. The van der Waals surface area contributed by atoms with E-state index in [1.54, 1.807) is 35.5 Å². The largest absolute Gasteiger partial charge is 0.499 e. The van der Waals surface area contributed by atoms with E-state index < -0.39 is 0 Å². The molecule has 1 heterocycles. The Morgan fingerprint density at radius 3 is 2.35 bits per heavy atom. The van der Waals surface area contributed by atoms with Crippen LogP contribution in [0.1, 0.15) is 56.7 Å². The van der Waals surface area contributed by atoms with Crippen molar-refractivity contribution in [3.8, 4) is 22.6 Å². The van der Waals surface area contributed by atoms with Gasteiger partial charge in [-0.15, -0.1) is 0 Å². The fourth-order valence-electron chi connectivity index (χ4n) is 7.29. The maximum absolute atomic E-state index is 5.80. The van der Waals surface area contributed by atoms with Gasteiger partial charge in [-0.25, -0.2) is 0 Å². The summed E-state index contributed by atoms with van der Waals surface area (Å²) in [4.78, 5) is 5.19. The molecule has 0 amide bonds. The molecule has 7 nitrogen and oxygen atoms in total. The fourth-order valence-corrected chi connectivity index (χ4v) is 7.29. The van der Waals surface area contributed by atoms with Gasteiger partial charge in [0.2, 0.25) is 0 Å². The fraction of sp³-hybridized carbons (Fsp3) is 0.375. The van der Waals surface area contributed by atoms with Gasteiger partial charge in [0.25, 0.3) is 0 Å². The summed E-state index contributed by atoms with van der Waals surface area (Å²) in [7, 11) is 8.37. The van der Waals surface area contributed by atoms with Gasteiger partial charge in [-0.2, -0.15) is 0 Å². The molecule has 1 aliphatic heterocycles.